The predicted octanol–water partition coefficient (Wildman–Crippen LogP) is 7.14. The standard InChI is InChI=1S/C25H19NS/c1-4-10-21(11-5-1)24-18-20(16-17-26-23-14-8-3-9-15-23)19-25(27-24)22-12-6-2-7-13-22/h1-19H. The first-order chi connectivity index (χ1) is 13.4. The Hall–Kier alpha value is -3.10. The molecule has 0 aliphatic carbocycles. The number of rotatable bonds is 4. The quantitative estimate of drug-likeness (QED) is 0.447. The van der Waals surface area contributed by atoms with Crippen molar-refractivity contribution < 1.29 is 0 Å². The van der Waals surface area contributed by atoms with Gasteiger partial charge in [0.1, 0.15) is 0 Å². The third kappa shape index (κ3) is 4.55. The van der Waals surface area contributed by atoms with Crippen molar-refractivity contribution in [3.63, 3.8) is 0 Å². The van der Waals surface area contributed by atoms with Gasteiger partial charge in [0, 0.05) is 16.0 Å². The summed E-state index contributed by atoms with van der Waals surface area (Å²) in [5.41, 5.74) is 4.56. The van der Waals surface area contributed by atoms with Crippen LogP contribution in [0.4, 0.5) is 5.69 Å². The summed E-state index contributed by atoms with van der Waals surface area (Å²) in [5, 5.41) is 0. The van der Waals surface area contributed by atoms with Crippen LogP contribution in [-0.4, -0.2) is 6.21 Å². The van der Waals surface area contributed by atoms with Crippen molar-refractivity contribution in [1.82, 2.24) is 0 Å². The maximum absolute atomic E-state index is 4.53. The number of hydrogen-bond acceptors (Lipinski definition) is 2. The lowest BCUT2D eigenvalue weighted by Gasteiger charge is -2.17. The molecule has 0 radical (unpaired) electrons. The van der Waals surface area contributed by atoms with Crippen LogP contribution < -0.4 is 0 Å². The average molecular weight is 366 g/mol. The number of benzene rings is 3. The fraction of sp³-hybridized carbons (Fsp3) is 0. The van der Waals surface area contributed by atoms with Crippen LogP contribution in [-0.2, 0) is 0 Å². The van der Waals surface area contributed by atoms with Crippen LogP contribution in [0.1, 0.15) is 11.1 Å². The molecular weight excluding hydrogens is 346 g/mol. The summed E-state index contributed by atoms with van der Waals surface area (Å²) in [7, 11) is 0. The second-order valence-corrected chi connectivity index (χ2v) is 7.22. The van der Waals surface area contributed by atoms with E-state index < -0.39 is 0 Å². The number of aliphatic imine (C=N–C) groups is 1. The zero-order valence-electron chi connectivity index (χ0n) is 14.8. The van der Waals surface area contributed by atoms with E-state index in [0.29, 0.717) is 0 Å². The minimum Gasteiger partial charge on any atom is -0.257 e. The van der Waals surface area contributed by atoms with Crippen LogP contribution in [0.5, 0.6) is 0 Å². The molecule has 0 N–H and O–H groups in total. The Morgan fingerprint density at radius 2 is 1.07 bits per heavy atom. The van der Waals surface area contributed by atoms with E-state index in [1.165, 1.54) is 20.9 Å². The summed E-state index contributed by atoms with van der Waals surface area (Å²) in [6, 6.07) is 31.0. The van der Waals surface area contributed by atoms with Crippen LogP contribution in [0.3, 0.4) is 0 Å². The molecule has 0 amide bonds. The van der Waals surface area contributed by atoms with E-state index in [4.69, 9.17) is 0 Å². The van der Waals surface area contributed by atoms with E-state index in [0.717, 1.165) is 11.3 Å². The third-order valence-corrected chi connectivity index (χ3v) is 5.33. The molecule has 0 aromatic heterocycles. The molecule has 2 heteroatoms. The summed E-state index contributed by atoms with van der Waals surface area (Å²) < 4.78 is 0. The lowest BCUT2D eigenvalue weighted by Crippen LogP contribution is -1.91. The minimum atomic E-state index is 0.957. The van der Waals surface area contributed by atoms with Crippen molar-refractivity contribution in [2.24, 2.45) is 4.99 Å². The number of nitrogens with zero attached hydrogens (tertiary/aromatic N) is 1. The third-order valence-electron chi connectivity index (χ3n) is 4.18. The maximum Gasteiger partial charge on any atom is 0.0629 e. The van der Waals surface area contributed by atoms with Crippen molar-refractivity contribution in [3.05, 3.63) is 126 Å². The van der Waals surface area contributed by atoms with Gasteiger partial charge in [-0.05, 0) is 47.1 Å². The van der Waals surface area contributed by atoms with E-state index in [1.54, 1.807) is 0 Å². The van der Waals surface area contributed by atoms with Gasteiger partial charge in [0.2, 0.25) is 0 Å². The normalized spacial score (nSPS) is 14.0. The zero-order chi connectivity index (χ0) is 18.3. The van der Waals surface area contributed by atoms with E-state index in [1.807, 2.05) is 48.3 Å². The van der Waals surface area contributed by atoms with Gasteiger partial charge in [-0.25, -0.2) is 0 Å². The van der Waals surface area contributed by atoms with Gasteiger partial charge in [0.15, 0.2) is 0 Å². The van der Waals surface area contributed by atoms with Crippen LogP contribution in [0.2, 0.25) is 0 Å². The first-order valence-corrected chi connectivity index (χ1v) is 9.72. The number of hydrogen-bond donors (Lipinski definition) is 0. The predicted molar refractivity (Wildman–Crippen MR) is 119 cm³/mol. The molecular formula is C25H19NS. The highest BCUT2D eigenvalue weighted by atomic mass is 32.2. The molecule has 1 aliphatic heterocycles. The molecule has 0 unspecified atom stereocenters. The molecule has 27 heavy (non-hydrogen) atoms. The summed E-state index contributed by atoms with van der Waals surface area (Å²) in [4.78, 5) is 7.02. The Morgan fingerprint density at radius 1 is 0.593 bits per heavy atom. The molecule has 1 nitrogen and oxygen atoms in total. The molecule has 130 valence electrons. The van der Waals surface area contributed by atoms with Gasteiger partial charge >= 0.3 is 0 Å². The highest BCUT2D eigenvalue weighted by Crippen LogP contribution is 2.43. The van der Waals surface area contributed by atoms with Gasteiger partial charge in [-0.1, -0.05) is 90.6 Å². The van der Waals surface area contributed by atoms with Crippen molar-refractivity contribution in [2.45, 2.75) is 0 Å². The van der Waals surface area contributed by atoms with E-state index >= 15 is 0 Å². The average Bonchev–Trinajstić information content (AvgIpc) is 2.76. The highest BCUT2D eigenvalue weighted by Gasteiger charge is 2.13. The molecule has 0 spiro atoms. The monoisotopic (exact) mass is 365 g/mol. The van der Waals surface area contributed by atoms with Crippen LogP contribution in [0.15, 0.2) is 120 Å². The van der Waals surface area contributed by atoms with Crippen LogP contribution in [0.25, 0.3) is 9.81 Å². The number of para-hydroxylation sites is 1. The Morgan fingerprint density at radius 3 is 1.59 bits per heavy atom. The topological polar surface area (TPSA) is 12.4 Å². The van der Waals surface area contributed by atoms with Crippen LogP contribution in [0, 0.1) is 0 Å². The summed E-state index contributed by atoms with van der Waals surface area (Å²) in [6.07, 6.45) is 8.39. The fourth-order valence-electron chi connectivity index (χ4n) is 2.83. The fourth-order valence-corrected chi connectivity index (χ4v) is 3.97. The second-order valence-electron chi connectivity index (χ2n) is 6.13. The second kappa shape index (κ2) is 8.52. The maximum atomic E-state index is 4.53. The molecule has 0 saturated carbocycles. The molecule has 1 heterocycles. The molecule has 3 aromatic rings. The lowest BCUT2D eigenvalue weighted by molar-refractivity contribution is 1.54. The van der Waals surface area contributed by atoms with Gasteiger partial charge in [0.25, 0.3) is 0 Å². The first kappa shape index (κ1) is 17.3. The van der Waals surface area contributed by atoms with Gasteiger partial charge in [-0.15, -0.1) is 0 Å². The van der Waals surface area contributed by atoms with Gasteiger partial charge in [-0.2, -0.15) is 0 Å². The van der Waals surface area contributed by atoms with Crippen molar-refractivity contribution in [1.29, 1.82) is 0 Å². The largest absolute Gasteiger partial charge is 0.257 e. The smallest absolute Gasteiger partial charge is 0.0629 e. The van der Waals surface area contributed by atoms with E-state index in [2.05, 4.69) is 83.9 Å². The van der Waals surface area contributed by atoms with Gasteiger partial charge < -0.3 is 0 Å². The molecule has 4 rings (SSSR count). The molecule has 0 fully saturated rings. The van der Waals surface area contributed by atoms with Crippen molar-refractivity contribution in [3.8, 4) is 0 Å². The zero-order valence-corrected chi connectivity index (χ0v) is 15.6. The Kier molecular flexibility index (Phi) is 5.47. The molecule has 0 atom stereocenters. The molecule has 0 saturated heterocycles. The van der Waals surface area contributed by atoms with Crippen molar-refractivity contribution >= 4 is 33.5 Å². The Bertz CT molecular complexity index is 956. The minimum absolute atomic E-state index is 0.957. The molecule has 0 bridgehead atoms. The number of thioether (sulfide) groups is 1. The molecule has 3 aromatic carbocycles. The summed E-state index contributed by atoms with van der Waals surface area (Å²) >= 11 is 1.81. The molecule has 1 aliphatic rings. The first-order valence-electron chi connectivity index (χ1n) is 8.90. The summed E-state index contributed by atoms with van der Waals surface area (Å²) in [5.74, 6) is 0. The lowest BCUT2D eigenvalue weighted by atomic mass is 10.1. The summed E-state index contributed by atoms with van der Waals surface area (Å²) in [6.45, 7) is 0. The van der Waals surface area contributed by atoms with E-state index in [-0.39, 0.29) is 0 Å². The SMILES string of the molecule is C(C=C1C=C(c2ccccc2)SC(c2ccccc2)=C1)=Nc1ccccc1. The van der Waals surface area contributed by atoms with Gasteiger partial charge in [0.05, 0.1) is 5.69 Å². The number of allylic oxidation sites excluding steroid dienone is 4. The van der Waals surface area contributed by atoms with Crippen LogP contribution >= 0.6 is 11.8 Å². The van der Waals surface area contributed by atoms with Gasteiger partial charge in [-0.3, -0.25) is 4.99 Å². The highest BCUT2D eigenvalue weighted by molar-refractivity contribution is 8.16. The Balaban J connectivity index is 1.68. The van der Waals surface area contributed by atoms with Crippen molar-refractivity contribution in [2.75, 3.05) is 0 Å². The van der Waals surface area contributed by atoms with E-state index in [9.17, 15) is 0 Å². The Labute approximate surface area is 164 Å².